The molecule has 0 aromatic carbocycles. The number of fused-ring (bicyclic) bond motifs is 6. The van der Waals surface area contributed by atoms with Crippen molar-refractivity contribution in [3.05, 3.63) is 12.2 Å². The highest BCUT2D eigenvalue weighted by Crippen LogP contribution is 2.60. The summed E-state index contributed by atoms with van der Waals surface area (Å²) >= 11 is 0. The summed E-state index contributed by atoms with van der Waals surface area (Å²) < 4.78 is 0. The molecule has 0 heterocycles. The van der Waals surface area contributed by atoms with E-state index in [1.54, 1.807) is 0 Å². The van der Waals surface area contributed by atoms with Crippen LogP contribution < -0.4 is 0 Å². The van der Waals surface area contributed by atoms with Crippen LogP contribution in [0.5, 0.6) is 0 Å². The van der Waals surface area contributed by atoms with Crippen molar-refractivity contribution in [3.63, 3.8) is 0 Å². The number of rotatable bonds is 1. The fraction of sp³-hybridized carbons (Fsp3) is 0.800. The Balaban J connectivity index is 2.10. The molecule has 0 amide bonds. The van der Waals surface area contributed by atoms with Crippen LogP contribution in [-0.4, -0.2) is 5.78 Å². The average molecular weight is 218 g/mol. The van der Waals surface area contributed by atoms with Gasteiger partial charge in [-0.05, 0) is 42.9 Å². The minimum atomic E-state index is 0.000671. The quantitative estimate of drug-likeness (QED) is 0.616. The van der Waals surface area contributed by atoms with E-state index in [0.717, 1.165) is 6.42 Å². The zero-order chi connectivity index (χ0) is 11.5. The molecule has 0 aromatic rings. The molecule has 5 atom stereocenters. The maximum absolute atomic E-state index is 12.8. The maximum Gasteiger partial charge on any atom is 0.143 e. The number of Topliss-reactive ketones (excluding diaryl/α,β-unsaturated/α-hetero) is 1. The van der Waals surface area contributed by atoms with Gasteiger partial charge in [-0.25, -0.2) is 0 Å². The third-order valence-electron chi connectivity index (χ3n) is 5.66. The molecule has 3 aliphatic carbocycles. The molecular weight excluding hydrogens is 196 g/mol. The summed E-state index contributed by atoms with van der Waals surface area (Å²) in [6.45, 7) is 6.77. The lowest BCUT2D eigenvalue weighted by Crippen LogP contribution is -2.54. The van der Waals surface area contributed by atoms with Crippen molar-refractivity contribution in [2.45, 2.75) is 40.0 Å². The number of carbonyl (C=O) groups is 1. The molecule has 1 heteroatoms. The van der Waals surface area contributed by atoms with Crippen molar-refractivity contribution in [1.29, 1.82) is 0 Å². The van der Waals surface area contributed by atoms with Gasteiger partial charge in [0.15, 0.2) is 0 Å². The van der Waals surface area contributed by atoms with Gasteiger partial charge in [-0.2, -0.15) is 0 Å². The van der Waals surface area contributed by atoms with Crippen molar-refractivity contribution in [3.8, 4) is 0 Å². The molecule has 4 bridgehead atoms. The topological polar surface area (TPSA) is 17.1 Å². The van der Waals surface area contributed by atoms with E-state index in [-0.39, 0.29) is 5.41 Å². The second kappa shape index (κ2) is 3.21. The average Bonchev–Trinajstić information content (AvgIpc) is 2.64. The van der Waals surface area contributed by atoms with Crippen molar-refractivity contribution in [2.24, 2.45) is 35.0 Å². The molecule has 0 radical (unpaired) electrons. The monoisotopic (exact) mass is 218 g/mol. The van der Waals surface area contributed by atoms with Crippen LogP contribution in [-0.2, 0) is 4.79 Å². The Morgan fingerprint density at radius 3 is 2.81 bits per heavy atom. The number of allylic oxidation sites excluding steroid dienone is 2. The van der Waals surface area contributed by atoms with E-state index in [1.165, 1.54) is 12.8 Å². The third kappa shape index (κ3) is 1.05. The minimum Gasteiger partial charge on any atom is -0.299 e. The Kier molecular flexibility index (Phi) is 2.12. The van der Waals surface area contributed by atoms with Crippen LogP contribution in [0.3, 0.4) is 0 Å². The van der Waals surface area contributed by atoms with Gasteiger partial charge in [-0.15, -0.1) is 0 Å². The lowest BCUT2D eigenvalue weighted by molar-refractivity contribution is -0.153. The van der Waals surface area contributed by atoms with Crippen LogP contribution >= 0.6 is 0 Å². The fourth-order valence-electron chi connectivity index (χ4n) is 4.70. The summed E-state index contributed by atoms with van der Waals surface area (Å²) in [6.07, 6.45) is 8.34. The van der Waals surface area contributed by atoms with E-state index in [4.69, 9.17) is 0 Å². The van der Waals surface area contributed by atoms with Gasteiger partial charge in [0, 0.05) is 11.3 Å². The first-order chi connectivity index (χ1) is 7.57. The summed E-state index contributed by atoms with van der Waals surface area (Å²) in [5, 5.41) is 0. The minimum absolute atomic E-state index is 0.000671. The van der Waals surface area contributed by atoms with E-state index in [1.807, 2.05) is 0 Å². The molecule has 0 unspecified atom stereocenters. The van der Waals surface area contributed by atoms with Crippen LogP contribution in [0.25, 0.3) is 0 Å². The third-order valence-corrected chi connectivity index (χ3v) is 5.66. The smallest absolute Gasteiger partial charge is 0.143 e. The molecule has 3 aliphatic rings. The van der Waals surface area contributed by atoms with Crippen LogP contribution in [0.4, 0.5) is 0 Å². The lowest BCUT2D eigenvalue weighted by atomic mass is 9.49. The van der Waals surface area contributed by atoms with Crippen LogP contribution in [0.1, 0.15) is 40.0 Å². The van der Waals surface area contributed by atoms with Gasteiger partial charge in [-0.3, -0.25) is 4.79 Å². The number of ketones is 1. The van der Waals surface area contributed by atoms with Crippen molar-refractivity contribution in [2.75, 3.05) is 0 Å². The highest BCUT2D eigenvalue weighted by atomic mass is 16.1. The zero-order valence-electron chi connectivity index (χ0n) is 10.6. The Labute approximate surface area is 98.3 Å². The Morgan fingerprint density at radius 1 is 1.38 bits per heavy atom. The first-order valence-electron chi connectivity index (χ1n) is 6.80. The second-order valence-electron chi connectivity index (χ2n) is 6.49. The molecule has 0 aliphatic heterocycles. The molecule has 16 heavy (non-hydrogen) atoms. The largest absolute Gasteiger partial charge is 0.299 e. The van der Waals surface area contributed by atoms with E-state index in [0.29, 0.717) is 35.4 Å². The van der Waals surface area contributed by atoms with Crippen molar-refractivity contribution < 1.29 is 4.79 Å². The molecule has 0 aromatic heterocycles. The normalized spacial score (nSPS) is 50.1. The van der Waals surface area contributed by atoms with Crippen LogP contribution in [0.15, 0.2) is 12.2 Å². The molecule has 0 spiro atoms. The Hall–Kier alpha value is -0.590. The van der Waals surface area contributed by atoms with Gasteiger partial charge in [0.1, 0.15) is 5.78 Å². The first-order valence-corrected chi connectivity index (χ1v) is 6.80. The lowest BCUT2D eigenvalue weighted by Gasteiger charge is -2.52. The predicted molar refractivity (Wildman–Crippen MR) is 64.9 cm³/mol. The van der Waals surface area contributed by atoms with E-state index < -0.39 is 0 Å². The van der Waals surface area contributed by atoms with Gasteiger partial charge in [0.05, 0.1) is 0 Å². The van der Waals surface area contributed by atoms with Gasteiger partial charge >= 0.3 is 0 Å². The summed E-state index contributed by atoms with van der Waals surface area (Å²) in [5.74, 6) is 3.17. The number of hydrogen-bond acceptors (Lipinski definition) is 1. The SMILES string of the molecule is CC(C)[C@@]12CC[C@@H](C)[C@H](C1=O)[C@H]1C=C[C@@H]2C1. The fourth-order valence-corrected chi connectivity index (χ4v) is 4.70. The van der Waals surface area contributed by atoms with Crippen LogP contribution in [0.2, 0.25) is 0 Å². The Morgan fingerprint density at radius 2 is 2.12 bits per heavy atom. The number of carbonyl (C=O) groups excluding carboxylic acids is 1. The van der Waals surface area contributed by atoms with E-state index in [9.17, 15) is 4.79 Å². The maximum atomic E-state index is 12.8. The van der Waals surface area contributed by atoms with Gasteiger partial charge < -0.3 is 0 Å². The first kappa shape index (κ1) is 10.6. The summed E-state index contributed by atoms with van der Waals surface area (Å²) in [5.41, 5.74) is 0.000671. The molecular formula is C15H22O. The highest BCUT2D eigenvalue weighted by Gasteiger charge is 2.59. The Bertz CT molecular complexity index is 354. The predicted octanol–water partition coefficient (Wildman–Crippen LogP) is 3.45. The van der Waals surface area contributed by atoms with Crippen LogP contribution in [0, 0.1) is 35.0 Å². The van der Waals surface area contributed by atoms with E-state index in [2.05, 4.69) is 32.9 Å². The van der Waals surface area contributed by atoms with Gasteiger partial charge in [0.2, 0.25) is 0 Å². The molecule has 1 nitrogen and oxygen atoms in total. The molecule has 2 saturated carbocycles. The molecule has 0 saturated heterocycles. The van der Waals surface area contributed by atoms with Crippen molar-refractivity contribution >= 4 is 5.78 Å². The standard InChI is InChI=1S/C15H22O/c1-9(2)15-7-6-10(3)13(14(15)16)11-4-5-12(15)8-11/h4-5,9-13H,6-8H2,1-3H3/t10-,11+,12-,13+,15-/m1/s1. The molecule has 88 valence electrons. The summed E-state index contributed by atoms with van der Waals surface area (Å²) in [6, 6.07) is 0. The second-order valence-corrected chi connectivity index (χ2v) is 6.49. The molecule has 3 rings (SSSR count). The summed E-state index contributed by atoms with van der Waals surface area (Å²) in [4.78, 5) is 12.8. The molecule has 0 N–H and O–H groups in total. The highest BCUT2D eigenvalue weighted by molar-refractivity contribution is 5.90. The van der Waals surface area contributed by atoms with Gasteiger partial charge in [-0.1, -0.05) is 32.9 Å². The van der Waals surface area contributed by atoms with Crippen molar-refractivity contribution in [1.82, 2.24) is 0 Å². The zero-order valence-corrected chi connectivity index (χ0v) is 10.6. The molecule has 2 fully saturated rings. The van der Waals surface area contributed by atoms with Gasteiger partial charge in [0.25, 0.3) is 0 Å². The summed E-state index contributed by atoms with van der Waals surface area (Å²) in [7, 11) is 0. The number of hydrogen-bond donors (Lipinski definition) is 0. The van der Waals surface area contributed by atoms with E-state index >= 15 is 0 Å².